The van der Waals surface area contributed by atoms with E-state index in [9.17, 15) is 4.79 Å². The van der Waals surface area contributed by atoms with Crippen LogP contribution in [0.4, 0.5) is 0 Å². The molecule has 0 heterocycles. The van der Waals surface area contributed by atoms with Crippen LogP contribution in [0.1, 0.15) is 25.8 Å². The molecule has 15 heavy (non-hydrogen) atoms. The van der Waals surface area contributed by atoms with Crippen LogP contribution >= 0.6 is 11.9 Å². The van der Waals surface area contributed by atoms with Crippen molar-refractivity contribution in [1.82, 2.24) is 0 Å². The Morgan fingerprint density at radius 2 is 1.93 bits per heavy atom. The van der Waals surface area contributed by atoms with Gasteiger partial charge in [-0.25, -0.2) is 4.79 Å². The first-order valence-electron chi connectivity index (χ1n) is 4.78. The van der Waals surface area contributed by atoms with Gasteiger partial charge in [0.25, 0.3) is 0 Å². The zero-order valence-corrected chi connectivity index (χ0v) is 9.54. The van der Waals surface area contributed by atoms with E-state index in [1.807, 2.05) is 37.3 Å². The van der Waals surface area contributed by atoms with Crippen LogP contribution in [0, 0.1) is 0 Å². The summed E-state index contributed by atoms with van der Waals surface area (Å²) in [6, 6.07) is 9.73. The first-order valence-corrected chi connectivity index (χ1v) is 5.09. The van der Waals surface area contributed by atoms with Gasteiger partial charge in [0.1, 0.15) is 11.9 Å². The van der Waals surface area contributed by atoms with E-state index in [0.29, 0.717) is 5.57 Å². The maximum atomic E-state index is 11.3. The molecule has 0 saturated heterocycles. The van der Waals surface area contributed by atoms with Gasteiger partial charge in [-0.1, -0.05) is 37.3 Å². The van der Waals surface area contributed by atoms with Gasteiger partial charge in [0.05, 0.1) is 0 Å². The predicted octanol–water partition coefficient (Wildman–Crippen LogP) is 3.57. The van der Waals surface area contributed by atoms with Gasteiger partial charge in [-0.05, 0) is 24.5 Å². The minimum Gasteiger partial charge on any atom is -0.343 e. The molecular formula is C12H13ClO2. The van der Waals surface area contributed by atoms with Gasteiger partial charge >= 0.3 is 5.97 Å². The highest BCUT2D eigenvalue weighted by Gasteiger charge is 2.11. The molecule has 0 aromatic heterocycles. The molecule has 0 aliphatic heterocycles. The standard InChI is InChI=1S/C12H13ClO2/c1-3-11(9(2)12(14)15-13)10-7-5-4-6-8-10/h4-8H,3H2,1-2H3. The Balaban J connectivity index is 3.13. The van der Waals surface area contributed by atoms with Crippen LogP contribution < -0.4 is 0 Å². The first kappa shape index (κ1) is 11.8. The summed E-state index contributed by atoms with van der Waals surface area (Å²) in [5.74, 6) is -0.489. The molecule has 0 amide bonds. The van der Waals surface area contributed by atoms with Crippen LogP contribution in [0.2, 0.25) is 0 Å². The summed E-state index contributed by atoms with van der Waals surface area (Å²) in [4.78, 5) is 11.3. The molecule has 80 valence electrons. The van der Waals surface area contributed by atoms with E-state index >= 15 is 0 Å². The van der Waals surface area contributed by atoms with E-state index in [0.717, 1.165) is 17.6 Å². The predicted molar refractivity (Wildman–Crippen MR) is 61.3 cm³/mol. The van der Waals surface area contributed by atoms with Crippen LogP contribution in [-0.2, 0) is 9.08 Å². The van der Waals surface area contributed by atoms with E-state index in [4.69, 9.17) is 11.9 Å². The summed E-state index contributed by atoms with van der Waals surface area (Å²) in [6.45, 7) is 3.71. The Labute approximate surface area is 94.7 Å². The summed E-state index contributed by atoms with van der Waals surface area (Å²) < 4.78 is 4.19. The number of halogens is 1. The molecular weight excluding hydrogens is 212 g/mol. The molecule has 1 aromatic carbocycles. The van der Waals surface area contributed by atoms with Gasteiger partial charge in [0.2, 0.25) is 0 Å². The lowest BCUT2D eigenvalue weighted by molar-refractivity contribution is -0.129. The van der Waals surface area contributed by atoms with Gasteiger partial charge in [-0.2, -0.15) is 0 Å². The van der Waals surface area contributed by atoms with E-state index in [1.54, 1.807) is 6.92 Å². The van der Waals surface area contributed by atoms with Crippen LogP contribution in [0.25, 0.3) is 5.57 Å². The number of hydrogen-bond acceptors (Lipinski definition) is 2. The van der Waals surface area contributed by atoms with Crippen molar-refractivity contribution in [3.8, 4) is 0 Å². The molecule has 0 aliphatic carbocycles. The lowest BCUT2D eigenvalue weighted by Gasteiger charge is -2.08. The average molecular weight is 225 g/mol. The third kappa shape index (κ3) is 2.83. The molecule has 3 heteroatoms. The molecule has 0 spiro atoms. The summed E-state index contributed by atoms with van der Waals surface area (Å²) in [7, 11) is 0. The van der Waals surface area contributed by atoms with Gasteiger partial charge < -0.3 is 4.29 Å². The maximum absolute atomic E-state index is 11.3. The topological polar surface area (TPSA) is 26.3 Å². The highest BCUT2D eigenvalue weighted by Crippen LogP contribution is 2.22. The summed E-state index contributed by atoms with van der Waals surface area (Å²) in [5.41, 5.74) is 2.54. The van der Waals surface area contributed by atoms with Crippen molar-refractivity contribution in [2.24, 2.45) is 0 Å². The fourth-order valence-electron chi connectivity index (χ4n) is 1.51. The highest BCUT2D eigenvalue weighted by molar-refractivity contribution is 6.16. The Hall–Kier alpha value is -1.28. The van der Waals surface area contributed by atoms with E-state index in [2.05, 4.69) is 4.29 Å². The normalized spacial score (nSPS) is 11.9. The minimum absolute atomic E-state index is 0.489. The smallest absolute Gasteiger partial charge is 0.343 e. The summed E-state index contributed by atoms with van der Waals surface area (Å²) in [6.07, 6.45) is 0.766. The lowest BCUT2D eigenvalue weighted by Crippen LogP contribution is -2.02. The summed E-state index contributed by atoms with van der Waals surface area (Å²) >= 11 is 5.05. The van der Waals surface area contributed by atoms with Gasteiger partial charge in [-0.15, -0.1) is 0 Å². The SMILES string of the molecule is CCC(=C(C)C(=O)OCl)c1ccccc1. The van der Waals surface area contributed by atoms with Crippen molar-refractivity contribution >= 4 is 23.4 Å². The third-order valence-corrected chi connectivity index (χ3v) is 2.44. The zero-order chi connectivity index (χ0) is 11.3. The second-order valence-electron chi connectivity index (χ2n) is 3.19. The number of hydrogen-bond donors (Lipinski definition) is 0. The number of rotatable bonds is 3. The minimum atomic E-state index is -0.489. The van der Waals surface area contributed by atoms with Crippen molar-refractivity contribution in [3.63, 3.8) is 0 Å². The molecule has 0 unspecified atom stereocenters. The summed E-state index contributed by atoms with van der Waals surface area (Å²) in [5, 5.41) is 0. The van der Waals surface area contributed by atoms with E-state index in [-0.39, 0.29) is 0 Å². The van der Waals surface area contributed by atoms with Crippen molar-refractivity contribution in [2.45, 2.75) is 20.3 Å². The molecule has 1 aromatic rings. The molecule has 0 saturated carbocycles. The molecule has 0 aliphatic rings. The molecule has 0 fully saturated rings. The fraction of sp³-hybridized carbons (Fsp3) is 0.250. The lowest BCUT2D eigenvalue weighted by atomic mass is 9.98. The van der Waals surface area contributed by atoms with Gasteiger partial charge in [0, 0.05) is 5.57 Å². The fourth-order valence-corrected chi connectivity index (χ4v) is 1.62. The number of allylic oxidation sites excluding steroid dienone is 1. The Morgan fingerprint density at radius 1 is 1.33 bits per heavy atom. The zero-order valence-electron chi connectivity index (χ0n) is 8.79. The van der Waals surface area contributed by atoms with Crippen molar-refractivity contribution in [2.75, 3.05) is 0 Å². The Bertz CT molecular complexity index is 368. The average Bonchev–Trinajstić information content (AvgIpc) is 2.30. The van der Waals surface area contributed by atoms with Crippen LogP contribution in [-0.4, -0.2) is 5.97 Å². The molecule has 0 bridgehead atoms. The highest BCUT2D eigenvalue weighted by atomic mass is 35.5. The van der Waals surface area contributed by atoms with Gasteiger partial charge in [0.15, 0.2) is 0 Å². The number of benzene rings is 1. The van der Waals surface area contributed by atoms with E-state index in [1.165, 1.54) is 0 Å². The van der Waals surface area contributed by atoms with Crippen LogP contribution in [0.3, 0.4) is 0 Å². The second kappa shape index (κ2) is 5.56. The molecule has 0 N–H and O–H groups in total. The van der Waals surface area contributed by atoms with Crippen molar-refractivity contribution < 1.29 is 9.08 Å². The number of carbonyl (C=O) groups is 1. The van der Waals surface area contributed by atoms with Crippen molar-refractivity contribution in [3.05, 3.63) is 41.5 Å². The molecule has 2 nitrogen and oxygen atoms in total. The van der Waals surface area contributed by atoms with Crippen LogP contribution in [0.5, 0.6) is 0 Å². The Kier molecular flexibility index (Phi) is 4.37. The Morgan fingerprint density at radius 3 is 2.40 bits per heavy atom. The third-order valence-electron chi connectivity index (χ3n) is 2.30. The molecule has 0 atom stereocenters. The quantitative estimate of drug-likeness (QED) is 0.734. The first-order chi connectivity index (χ1) is 7.20. The second-order valence-corrected chi connectivity index (χ2v) is 3.34. The number of carbonyl (C=O) groups excluding carboxylic acids is 1. The maximum Gasteiger partial charge on any atom is 0.352 e. The molecule has 1 rings (SSSR count). The van der Waals surface area contributed by atoms with Crippen LogP contribution in [0.15, 0.2) is 35.9 Å². The molecule has 0 radical (unpaired) electrons. The largest absolute Gasteiger partial charge is 0.352 e. The monoisotopic (exact) mass is 224 g/mol. The van der Waals surface area contributed by atoms with Gasteiger partial charge in [-0.3, -0.25) is 0 Å². The van der Waals surface area contributed by atoms with E-state index < -0.39 is 5.97 Å². The van der Waals surface area contributed by atoms with Crippen molar-refractivity contribution in [1.29, 1.82) is 0 Å².